The molecule has 2 aromatic rings. The lowest BCUT2D eigenvalue weighted by Crippen LogP contribution is -2.27. The molecule has 8 heteroatoms. The predicted molar refractivity (Wildman–Crippen MR) is 124 cm³/mol. The highest BCUT2D eigenvalue weighted by Crippen LogP contribution is 2.37. The largest absolute Gasteiger partial charge is 0.490 e. The molecule has 0 atom stereocenters. The summed E-state index contributed by atoms with van der Waals surface area (Å²) in [5, 5.41) is -0.319. The van der Waals surface area contributed by atoms with Gasteiger partial charge in [0.25, 0.3) is 11.1 Å². The standard InChI is InChI=1S/C22H19FINO4S/c1-3-8-25-21(26)19(30-22(25)27)12-15-10-17(24)20(18(11-15)28-4-2)29-13-14-6-5-7-16(23)9-14/h3,5-7,9-12H,1,4,8,13H2,2H3/b19-12+. The van der Waals surface area contributed by atoms with Gasteiger partial charge in [-0.3, -0.25) is 14.5 Å². The summed E-state index contributed by atoms with van der Waals surface area (Å²) in [4.78, 5) is 25.9. The molecule has 0 radical (unpaired) electrons. The highest BCUT2D eigenvalue weighted by molar-refractivity contribution is 14.1. The molecule has 1 saturated heterocycles. The maximum Gasteiger partial charge on any atom is 0.293 e. The molecule has 5 nitrogen and oxygen atoms in total. The fourth-order valence-electron chi connectivity index (χ4n) is 2.79. The molecule has 2 aromatic carbocycles. The fourth-order valence-corrected chi connectivity index (χ4v) is 4.42. The number of carbonyl (C=O) groups is 2. The summed E-state index contributed by atoms with van der Waals surface area (Å²) >= 11 is 3.02. The summed E-state index contributed by atoms with van der Waals surface area (Å²) in [6.45, 7) is 6.22. The fraction of sp³-hybridized carbons (Fsp3) is 0.182. The molecule has 0 spiro atoms. The van der Waals surface area contributed by atoms with E-state index in [-0.39, 0.29) is 30.1 Å². The van der Waals surface area contributed by atoms with Gasteiger partial charge in [-0.25, -0.2) is 4.39 Å². The molecule has 0 N–H and O–H groups in total. The van der Waals surface area contributed by atoms with Crippen LogP contribution in [-0.2, 0) is 11.4 Å². The Morgan fingerprint density at radius 1 is 1.23 bits per heavy atom. The lowest BCUT2D eigenvalue weighted by molar-refractivity contribution is -0.122. The maximum absolute atomic E-state index is 13.4. The van der Waals surface area contributed by atoms with Gasteiger partial charge in [0.2, 0.25) is 0 Å². The van der Waals surface area contributed by atoms with E-state index in [1.54, 1.807) is 24.3 Å². The Morgan fingerprint density at radius 2 is 2.03 bits per heavy atom. The molecule has 0 saturated carbocycles. The number of carbonyl (C=O) groups excluding carboxylic acids is 2. The van der Waals surface area contributed by atoms with Crippen molar-refractivity contribution in [3.05, 3.63) is 74.5 Å². The third kappa shape index (κ3) is 5.23. The number of rotatable bonds is 8. The van der Waals surface area contributed by atoms with Crippen LogP contribution in [0.1, 0.15) is 18.1 Å². The van der Waals surface area contributed by atoms with Crippen LogP contribution in [0.4, 0.5) is 9.18 Å². The normalized spacial score (nSPS) is 15.0. The van der Waals surface area contributed by atoms with Gasteiger partial charge in [0.1, 0.15) is 12.4 Å². The number of benzene rings is 2. The summed E-state index contributed by atoms with van der Waals surface area (Å²) in [5.74, 6) is 0.386. The van der Waals surface area contributed by atoms with Gasteiger partial charge in [-0.2, -0.15) is 0 Å². The number of ether oxygens (including phenoxy) is 2. The Morgan fingerprint density at radius 3 is 2.73 bits per heavy atom. The SMILES string of the molecule is C=CCN1C(=O)S/C(=C/c2cc(I)c(OCc3cccc(F)c3)c(OCC)c2)C1=O. The van der Waals surface area contributed by atoms with E-state index in [2.05, 4.69) is 29.2 Å². The highest BCUT2D eigenvalue weighted by Gasteiger charge is 2.34. The number of imide groups is 1. The van der Waals surface area contributed by atoms with Gasteiger partial charge in [-0.05, 0) is 82.7 Å². The van der Waals surface area contributed by atoms with E-state index < -0.39 is 0 Å². The third-order valence-electron chi connectivity index (χ3n) is 4.09. The molecule has 0 aromatic heterocycles. The molecule has 156 valence electrons. The van der Waals surface area contributed by atoms with Gasteiger partial charge in [0, 0.05) is 6.54 Å². The number of thioether (sulfide) groups is 1. The zero-order valence-corrected chi connectivity index (χ0v) is 19.2. The molecule has 30 heavy (non-hydrogen) atoms. The number of amides is 2. The molecular formula is C22H19FINO4S. The second-order valence-electron chi connectivity index (χ2n) is 6.26. The Kier molecular flexibility index (Phi) is 7.54. The monoisotopic (exact) mass is 539 g/mol. The Hall–Kier alpha value is -2.33. The first kappa shape index (κ1) is 22.4. The molecule has 2 amide bonds. The molecular weight excluding hydrogens is 520 g/mol. The maximum atomic E-state index is 13.4. The lowest BCUT2D eigenvalue weighted by Gasteiger charge is -2.15. The van der Waals surface area contributed by atoms with Crippen LogP contribution in [0.3, 0.4) is 0 Å². The minimum absolute atomic E-state index is 0.177. The molecule has 3 rings (SSSR count). The Balaban J connectivity index is 1.87. The van der Waals surface area contributed by atoms with Crippen molar-refractivity contribution < 1.29 is 23.5 Å². The molecule has 1 fully saturated rings. The van der Waals surface area contributed by atoms with Gasteiger partial charge in [0.15, 0.2) is 11.5 Å². The van der Waals surface area contributed by atoms with Crippen LogP contribution < -0.4 is 9.47 Å². The first-order valence-corrected chi connectivity index (χ1v) is 11.0. The van der Waals surface area contributed by atoms with E-state index in [0.29, 0.717) is 34.1 Å². The first-order valence-electron chi connectivity index (χ1n) is 9.12. The smallest absolute Gasteiger partial charge is 0.293 e. The molecule has 1 aliphatic rings. The van der Waals surface area contributed by atoms with E-state index in [1.165, 1.54) is 18.2 Å². The molecule has 1 heterocycles. The summed E-state index contributed by atoms with van der Waals surface area (Å²) in [5.41, 5.74) is 1.42. The molecule has 0 unspecified atom stereocenters. The second kappa shape index (κ2) is 10.1. The lowest BCUT2D eigenvalue weighted by atomic mass is 10.1. The molecule has 0 bridgehead atoms. The van der Waals surface area contributed by atoms with Crippen molar-refractivity contribution in [2.45, 2.75) is 13.5 Å². The van der Waals surface area contributed by atoms with Crippen molar-refractivity contribution >= 4 is 51.6 Å². The number of hydrogen-bond donors (Lipinski definition) is 0. The third-order valence-corrected chi connectivity index (χ3v) is 5.80. The predicted octanol–water partition coefficient (Wildman–Crippen LogP) is 5.63. The van der Waals surface area contributed by atoms with E-state index in [1.807, 2.05) is 13.0 Å². The van der Waals surface area contributed by atoms with E-state index >= 15 is 0 Å². The van der Waals surface area contributed by atoms with Crippen molar-refractivity contribution in [2.75, 3.05) is 13.2 Å². The molecule has 1 aliphatic heterocycles. The van der Waals surface area contributed by atoms with Crippen LogP contribution >= 0.6 is 34.4 Å². The van der Waals surface area contributed by atoms with Crippen molar-refractivity contribution in [3.8, 4) is 11.5 Å². The minimum Gasteiger partial charge on any atom is -0.490 e. The van der Waals surface area contributed by atoms with Gasteiger partial charge >= 0.3 is 0 Å². The van der Waals surface area contributed by atoms with Gasteiger partial charge in [-0.15, -0.1) is 6.58 Å². The van der Waals surface area contributed by atoms with Crippen LogP contribution in [0.25, 0.3) is 6.08 Å². The number of hydrogen-bond acceptors (Lipinski definition) is 5. The Bertz CT molecular complexity index is 1020. The molecule has 0 aliphatic carbocycles. The summed E-state index contributed by atoms with van der Waals surface area (Å²) in [6.07, 6.45) is 3.18. The van der Waals surface area contributed by atoms with Crippen molar-refractivity contribution in [2.24, 2.45) is 0 Å². The van der Waals surface area contributed by atoms with E-state index in [9.17, 15) is 14.0 Å². The second-order valence-corrected chi connectivity index (χ2v) is 8.42. The van der Waals surface area contributed by atoms with Gasteiger partial charge in [0.05, 0.1) is 15.1 Å². The summed E-state index contributed by atoms with van der Waals surface area (Å²) in [6, 6.07) is 9.81. The van der Waals surface area contributed by atoms with E-state index in [4.69, 9.17) is 9.47 Å². The zero-order chi connectivity index (χ0) is 21.7. The number of halogens is 2. The summed E-state index contributed by atoms with van der Waals surface area (Å²) in [7, 11) is 0. The summed E-state index contributed by atoms with van der Waals surface area (Å²) < 4.78 is 25.8. The minimum atomic E-state index is -0.343. The van der Waals surface area contributed by atoms with Crippen LogP contribution in [-0.4, -0.2) is 29.2 Å². The van der Waals surface area contributed by atoms with Crippen LogP contribution in [0.2, 0.25) is 0 Å². The van der Waals surface area contributed by atoms with Crippen LogP contribution in [0, 0.1) is 9.39 Å². The first-order chi connectivity index (χ1) is 14.4. The quantitative estimate of drug-likeness (QED) is 0.247. The van der Waals surface area contributed by atoms with Crippen LogP contribution in [0.15, 0.2) is 54.0 Å². The van der Waals surface area contributed by atoms with Crippen LogP contribution in [0.5, 0.6) is 11.5 Å². The van der Waals surface area contributed by atoms with Gasteiger partial charge < -0.3 is 9.47 Å². The average molecular weight is 539 g/mol. The highest BCUT2D eigenvalue weighted by atomic mass is 127. The van der Waals surface area contributed by atoms with Crippen molar-refractivity contribution in [3.63, 3.8) is 0 Å². The number of nitrogens with zero attached hydrogens (tertiary/aromatic N) is 1. The van der Waals surface area contributed by atoms with Gasteiger partial charge in [-0.1, -0.05) is 18.2 Å². The topological polar surface area (TPSA) is 55.8 Å². The van der Waals surface area contributed by atoms with Crippen molar-refractivity contribution in [1.29, 1.82) is 0 Å². The average Bonchev–Trinajstić information content (AvgIpc) is 2.95. The zero-order valence-electron chi connectivity index (χ0n) is 16.2. The van der Waals surface area contributed by atoms with Crippen molar-refractivity contribution in [1.82, 2.24) is 4.90 Å². The Labute approximate surface area is 192 Å². The van der Waals surface area contributed by atoms with E-state index in [0.717, 1.165) is 20.2 Å².